The topological polar surface area (TPSA) is 0 Å². The summed E-state index contributed by atoms with van der Waals surface area (Å²) in [6.07, 6.45) is 0. The molecule has 0 saturated heterocycles. The molecule has 0 atom stereocenters. The molecule has 0 unspecified atom stereocenters. The molecule has 0 nitrogen and oxygen atoms in total. The molecule has 0 heterocycles. The van der Waals surface area contributed by atoms with E-state index in [2.05, 4.69) is 6.07 Å². The first-order chi connectivity index (χ1) is 4.22. The standard InChI is InChI=1S/C6H2Cl3.ClH.Mg/c7-4-2-1-3-5(8)6(4)9;;/h1-2H;1H;/q-1;;+2/p-1. The van der Waals surface area contributed by atoms with Crippen molar-refractivity contribution in [3.8, 4) is 0 Å². The summed E-state index contributed by atoms with van der Waals surface area (Å²) in [6.45, 7) is 0. The number of benzene rings is 1. The molecule has 1 rings (SSSR count). The van der Waals surface area contributed by atoms with Crippen LogP contribution in [0, 0.1) is 6.07 Å². The largest absolute Gasteiger partial charge is 2.00 e. The van der Waals surface area contributed by atoms with E-state index in [9.17, 15) is 0 Å². The maximum Gasteiger partial charge on any atom is 2.00 e. The first kappa shape index (κ1) is 14.7. The fourth-order valence-electron chi connectivity index (χ4n) is 0.429. The fraction of sp³-hybridized carbons (Fsp3) is 0. The number of rotatable bonds is 0. The molecule has 56 valence electrons. The molecule has 5 heteroatoms. The van der Waals surface area contributed by atoms with Crippen LogP contribution in [0.1, 0.15) is 0 Å². The fourth-order valence-corrected chi connectivity index (χ4v) is 0.918. The monoisotopic (exact) mass is 238 g/mol. The summed E-state index contributed by atoms with van der Waals surface area (Å²) in [7, 11) is 0. The van der Waals surface area contributed by atoms with Crippen LogP contribution in [-0.2, 0) is 0 Å². The van der Waals surface area contributed by atoms with Crippen LogP contribution in [0.5, 0.6) is 0 Å². The average molecular weight is 240 g/mol. The van der Waals surface area contributed by atoms with Crippen LogP contribution in [-0.4, -0.2) is 23.1 Å². The number of hydrogen-bond donors (Lipinski definition) is 0. The Hall–Kier alpha value is 1.15. The molecule has 0 spiro atoms. The first-order valence-corrected chi connectivity index (χ1v) is 3.36. The van der Waals surface area contributed by atoms with Crippen molar-refractivity contribution in [1.29, 1.82) is 0 Å². The van der Waals surface area contributed by atoms with E-state index in [1.54, 1.807) is 12.1 Å². The van der Waals surface area contributed by atoms with Crippen molar-refractivity contribution in [2.24, 2.45) is 0 Å². The van der Waals surface area contributed by atoms with E-state index in [1.807, 2.05) is 0 Å². The minimum atomic E-state index is 0. The summed E-state index contributed by atoms with van der Waals surface area (Å²) in [5, 5.41) is 1.19. The SMILES string of the molecule is Clc1[c-]ccc(Cl)c1Cl.[Cl-].[Mg+2]. The number of hydrogen-bond acceptors (Lipinski definition) is 0. The van der Waals surface area contributed by atoms with Gasteiger partial charge >= 0.3 is 23.1 Å². The Morgan fingerprint density at radius 3 is 2.09 bits per heavy atom. The molecule has 0 radical (unpaired) electrons. The zero-order valence-electron chi connectivity index (χ0n) is 5.37. The molecule has 1 aromatic rings. The molecule has 11 heavy (non-hydrogen) atoms. The van der Waals surface area contributed by atoms with Crippen LogP contribution in [0.3, 0.4) is 0 Å². The van der Waals surface area contributed by atoms with Crippen molar-refractivity contribution >= 4 is 57.9 Å². The summed E-state index contributed by atoms with van der Waals surface area (Å²) < 4.78 is 0. The van der Waals surface area contributed by atoms with Gasteiger partial charge in [0, 0.05) is 0 Å². The van der Waals surface area contributed by atoms with E-state index < -0.39 is 0 Å². The van der Waals surface area contributed by atoms with E-state index in [1.165, 1.54) is 0 Å². The Bertz CT molecular complexity index is 206. The summed E-state index contributed by atoms with van der Waals surface area (Å²) in [6, 6.07) is 5.95. The van der Waals surface area contributed by atoms with Crippen molar-refractivity contribution in [3.05, 3.63) is 33.3 Å². The normalized spacial score (nSPS) is 7.91. The molecule has 0 saturated carbocycles. The van der Waals surface area contributed by atoms with E-state index >= 15 is 0 Å². The molecule has 0 bridgehead atoms. The molecule has 0 fully saturated rings. The van der Waals surface area contributed by atoms with Gasteiger partial charge in [-0.2, -0.15) is 29.8 Å². The van der Waals surface area contributed by atoms with Gasteiger partial charge in [0.05, 0.1) is 0 Å². The Labute approximate surface area is 103 Å². The van der Waals surface area contributed by atoms with Crippen LogP contribution in [0.4, 0.5) is 0 Å². The van der Waals surface area contributed by atoms with Crippen molar-refractivity contribution in [3.63, 3.8) is 0 Å². The third-order valence-corrected chi connectivity index (χ3v) is 2.04. The first-order valence-electron chi connectivity index (χ1n) is 2.23. The second-order valence-electron chi connectivity index (χ2n) is 1.45. The molecule has 0 aromatic heterocycles. The average Bonchev–Trinajstić information content (AvgIpc) is 1.83. The molecule has 0 aliphatic carbocycles. The molecule has 0 aliphatic heterocycles. The Morgan fingerprint density at radius 1 is 1.18 bits per heavy atom. The van der Waals surface area contributed by atoms with Gasteiger partial charge in [0.25, 0.3) is 0 Å². The minimum Gasteiger partial charge on any atom is -1.00 e. The van der Waals surface area contributed by atoms with E-state index in [0.717, 1.165) is 0 Å². The summed E-state index contributed by atoms with van der Waals surface area (Å²) in [5.41, 5.74) is 0. The van der Waals surface area contributed by atoms with Crippen molar-refractivity contribution in [2.75, 3.05) is 0 Å². The third-order valence-electron chi connectivity index (χ3n) is 0.842. The van der Waals surface area contributed by atoms with Gasteiger partial charge in [-0.05, 0) is 10.0 Å². The van der Waals surface area contributed by atoms with Gasteiger partial charge in [-0.15, -0.1) is 23.2 Å². The van der Waals surface area contributed by atoms with Crippen molar-refractivity contribution < 1.29 is 12.4 Å². The maximum atomic E-state index is 5.58. The van der Waals surface area contributed by atoms with Gasteiger partial charge in [-0.3, -0.25) is 0 Å². The zero-order chi connectivity index (χ0) is 6.85. The van der Waals surface area contributed by atoms with Gasteiger partial charge in [-0.1, -0.05) is 5.02 Å². The second kappa shape index (κ2) is 6.64. The van der Waals surface area contributed by atoms with Crippen LogP contribution in [0.2, 0.25) is 15.1 Å². The second-order valence-corrected chi connectivity index (χ2v) is 2.62. The quantitative estimate of drug-likeness (QED) is 0.342. The predicted molar refractivity (Wildman–Crippen MR) is 46.1 cm³/mol. The Kier molecular flexibility index (Phi) is 8.85. The van der Waals surface area contributed by atoms with E-state index in [0.29, 0.717) is 15.1 Å². The molecule has 1 aromatic carbocycles. The van der Waals surface area contributed by atoms with E-state index in [-0.39, 0.29) is 35.5 Å². The summed E-state index contributed by atoms with van der Waals surface area (Å²) >= 11 is 16.7. The van der Waals surface area contributed by atoms with Crippen molar-refractivity contribution in [1.82, 2.24) is 0 Å². The third kappa shape index (κ3) is 4.06. The van der Waals surface area contributed by atoms with Gasteiger partial charge in [-0.25, -0.2) is 0 Å². The summed E-state index contributed by atoms with van der Waals surface area (Å²) in [4.78, 5) is 0. The van der Waals surface area contributed by atoms with Gasteiger partial charge in [0.15, 0.2) is 0 Å². The van der Waals surface area contributed by atoms with Crippen molar-refractivity contribution in [2.45, 2.75) is 0 Å². The molecule has 0 aliphatic rings. The van der Waals surface area contributed by atoms with Crippen LogP contribution >= 0.6 is 34.8 Å². The van der Waals surface area contributed by atoms with Gasteiger partial charge in [0.1, 0.15) is 0 Å². The number of halogens is 4. The summed E-state index contributed by atoms with van der Waals surface area (Å²) in [5.74, 6) is 0. The molecular formula is C6H2Cl4Mg. The van der Waals surface area contributed by atoms with Crippen LogP contribution in [0.25, 0.3) is 0 Å². The Balaban J connectivity index is 0. The van der Waals surface area contributed by atoms with Gasteiger partial charge in [0.2, 0.25) is 0 Å². The smallest absolute Gasteiger partial charge is 1.00 e. The molecule has 0 N–H and O–H groups in total. The van der Waals surface area contributed by atoms with E-state index in [4.69, 9.17) is 34.8 Å². The maximum absolute atomic E-state index is 5.58. The minimum absolute atomic E-state index is 0. The zero-order valence-corrected chi connectivity index (χ0v) is 9.81. The molecular weight excluding hydrogens is 238 g/mol. The van der Waals surface area contributed by atoms with Crippen LogP contribution in [0.15, 0.2) is 12.1 Å². The van der Waals surface area contributed by atoms with Crippen LogP contribution < -0.4 is 12.4 Å². The van der Waals surface area contributed by atoms with Gasteiger partial charge < -0.3 is 12.4 Å². The predicted octanol–water partition coefficient (Wildman–Crippen LogP) is 0.0702. The Morgan fingerprint density at radius 2 is 1.73 bits per heavy atom. The molecule has 0 amide bonds.